The number of amides is 1. The highest BCUT2D eigenvalue weighted by Crippen LogP contribution is 2.30. The van der Waals surface area contributed by atoms with Crippen LogP contribution in [0.1, 0.15) is 11.1 Å². The van der Waals surface area contributed by atoms with Gasteiger partial charge in [-0.3, -0.25) is 4.79 Å². The van der Waals surface area contributed by atoms with Gasteiger partial charge in [0.1, 0.15) is 0 Å². The summed E-state index contributed by atoms with van der Waals surface area (Å²) in [6.07, 6.45) is 3.58. The molecule has 9 nitrogen and oxygen atoms in total. The van der Waals surface area contributed by atoms with E-state index in [2.05, 4.69) is 5.10 Å². The van der Waals surface area contributed by atoms with Crippen LogP contribution in [0.15, 0.2) is 82.8 Å². The molecule has 1 atom stereocenters. The fraction of sp³-hybridized carbons (Fsp3) is 0.167. The van der Waals surface area contributed by atoms with Crippen LogP contribution in [0.3, 0.4) is 0 Å². The van der Waals surface area contributed by atoms with E-state index in [0.717, 1.165) is 18.1 Å². The molecule has 184 valence electrons. The smallest absolute Gasteiger partial charge is 0.257 e. The molecule has 1 amide bonds. The molecule has 0 fully saturated rings. The van der Waals surface area contributed by atoms with E-state index in [0.29, 0.717) is 21.0 Å². The van der Waals surface area contributed by atoms with Gasteiger partial charge < -0.3 is 11.6 Å². The Balaban J connectivity index is 1.92. The van der Waals surface area contributed by atoms with E-state index in [1.54, 1.807) is 54.6 Å². The van der Waals surface area contributed by atoms with Gasteiger partial charge in [0.05, 0.1) is 29.1 Å². The molecule has 0 aliphatic carbocycles. The molecule has 35 heavy (non-hydrogen) atoms. The lowest BCUT2D eigenvalue weighted by molar-refractivity contribution is -0.118. The van der Waals surface area contributed by atoms with Crippen LogP contribution in [0, 0.1) is 0 Å². The Bertz CT molecular complexity index is 1470. The second-order valence-corrected chi connectivity index (χ2v) is 11.8. The highest BCUT2D eigenvalue weighted by molar-refractivity contribution is 7.92. The summed E-state index contributed by atoms with van der Waals surface area (Å²) in [5.41, 5.74) is 8.66. The fourth-order valence-electron chi connectivity index (χ4n) is 3.67. The summed E-state index contributed by atoms with van der Waals surface area (Å²) in [7, 11) is -7.49. The molecule has 0 saturated carbocycles. The molecule has 0 radical (unpaired) electrons. The normalized spacial score (nSPS) is 13.0. The molecule has 3 rings (SSSR count). The average Bonchev–Trinajstić information content (AvgIpc) is 2.78. The number of carbonyl (C=O) groups is 1. The standard InChI is InChI=1S/C24H26N4O5S2/c1-34(30,31)23-9-4-3-8-21(23)19-10-12-20(13-11-19)28(35(2,32)33)24(29)22(25)15-17-6-5-7-18(14-17)16-27-26/h3-14,16,22H,15,25-26H2,1-2H3/t22-/m0/s1. The van der Waals surface area contributed by atoms with Crippen LogP contribution in [-0.4, -0.2) is 47.5 Å². The second-order valence-electron chi connectivity index (χ2n) is 8.01. The van der Waals surface area contributed by atoms with Crippen molar-refractivity contribution in [2.75, 3.05) is 16.8 Å². The zero-order valence-electron chi connectivity index (χ0n) is 19.2. The lowest BCUT2D eigenvalue weighted by Gasteiger charge is -2.24. The zero-order chi connectivity index (χ0) is 25.8. The zero-order valence-corrected chi connectivity index (χ0v) is 20.8. The summed E-state index contributed by atoms with van der Waals surface area (Å²) in [4.78, 5) is 13.3. The largest absolute Gasteiger partial charge is 0.323 e. The first-order chi connectivity index (χ1) is 16.4. The minimum atomic E-state index is -4.01. The average molecular weight is 515 g/mol. The van der Waals surface area contributed by atoms with Crippen molar-refractivity contribution in [2.24, 2.45) is 16.7 Å². The van der Waals surface area contributed by atoms with Crippen LogP contribution in [0.5, 0.6) is 0 Å². The van der Waals surface area contributed by atoms with E-state index in [1.165, 1.54) is 24.4 Å². The highest BCUT2D eigenvalue weighted by Gasteiger charge is 2.30. The number of anilines is 1. The van der Waals surface area contributed by atoms with E-state index in [9.17, 15) is 21.6 Å². The summed E-state index contributed by atoms with van der Waals surface area (Å²) >= 11 is 0. The number of benzene rings is 3. The van der Waals surface area contributed by atoms with Crippen molar-refractivity contribution < 1.29 is 21.6 Å². The van der Waals surface area contributed by atoms with Crippen molar-refractivity contribution in [3.05, 3.63) is 83.9 Å². The van der Waals surface area contributed by atoms with Gasteiger partial charge in [-0.25, -0.2) is 21.1 Å². The predicted molar refractivity (Wildman–Crippen MR) is 137 cm³/mol. The van der Waals surface area contributed by atoms with Gasteiger partial charge in [0.2, 0.25) is 10.0 Å². The number of nitrogens with two attached hydrogens (primary N) is 2. The predicted octanol–water partition coefficient (Wildman–Crippen LogP) is 1.91. The lowest BCUT2D eigenvalue weighted by Crippen LogP contribution is -2.47. The molecule has 3 aromatic carbocycles. The minimum absolute atomic E-state index is 0.0942. The summed E-state index contributed by atoms with van der Waals surface area (Å²) < 4.78 is 50.1. The molecule has 0 aliphatic rings. The van der Waals surface area contributed by atoms with Crippen molar-refractivity contribution >= 4 is 37.7 Å². The molecular formula is C24H26N4O5S2. The van der Waals surface area contributed by atoms with Gasteiger partial charge >= 0.3 is 0 Å². The maximum atomic E-state index is 13.1. The van der Waals surface area contributed by atoms with Gasteiger partial charge in [0.25, 0.3) is 5.91 Å². The molecular weight excluding hydrogens is 488 g/mol. The monoisotopic (exact) mass is 514 g/mol. The molecule has 0 bridgehead atoms. The molecule has 3 aromatic rings. The second kappa shape index (κ2) is 10.4. The molecule has 0 aliphatic heterocycles. The Labute approximate surface area is 205 Å². The third kappa shape index (κ3) is 6.32. The van der Waals surface area contributed by atoms with Crippen molar-refractivity contribution in [3.8, 4) is 11.1 Å². The van der Waals surface area contributed by atoms with E-state index < -0.39 is 31.8 Å². The van der Waals surface area contributed by atoms with Gasteiger partial charge in [-0.2, -0.15) is 5.10 Å². The SMILES string of the molecule is CS(=O)(=O)c1ccccc1-c1ccc(N(C(=O)[C@@H](N)Cc2cccc(C=NN)c2)S(C)(=O)=O)cc1. The maximum Gasteiger partial charge on any atom is 0.257 e. The Kier molecular flexibility index (Phi) is 7.73. The summed E-state index contributed by atoms with van der Waals surface area (Å²) in [6, 6.07) is 18.4. The van der Waals surface area contributed by atoms with Gasteiger partial charge in [0, 0.05) is 11.8 Å². The van der Waals surface area contributed by atoms with E-state index in [-0.39, 0.29) is 17.0 Å². The van der Waals surface area contributed by atoms with Gasteiger partial charge in [0.15, 0.2) is 9.84 Å². The minimum Gasteiger partial charge on any atom is -0.323 e. The Morgan fingerprint density at radius 3 is 2.23 bits per heavy atom. The van der Waals surface area contributed by atoms with Crippen LogP contribution in [0.4, 0.5) is 5.69 Å². The quantitative estimate of drug-likeness (QED) is 0.264. The topological polar surface area (TPSA) is 153 Å². The van der Waals surface area contributed by atoms with Crippen molar-refractivity contribution in [1.82, 2.24) is 0 Å². The number of hydrazone groups is 1. The van der Waals surface area contributed by atoms with E-state index >= 15 is 0 Å². The number of rotatable bonds is 8. The first kappa shape index (κ1) is 26.1. The van der Waals surface area contributed by atoms with Crippen LogP contribution in [-0.2, 0) is 31.1 Å². The third-order valence-corrected chi connectivity index (χ3v) is 7.39. The summed E-state index contributed by atoms with van der Waals surface area (Å²) in [5.74, 6) is 4.38. The summed E-state index contributed by atoms with van der Waals surface area (Å²) in [6.45, 7) is 0. The van der Waals surface area contributed by atoms with Gasteiger partial charge in [-0.15, -0.1) is 0 Å². The molecule has 0 saturated heterocycles. The molecule has 11 heteroatoms. The van der Waals surface area contributed by atoms with Crippen LogP contribution in [0.25, 0.3) is 11.1 Å². The van der Waals surface area contributed by atoms with E-state index in [1.807, 2.05) is 0 Å². The lowest BCUT2D eigenvalue weighted by atomic mass is 10.0. The van der Waals surface area contributed by atoms with Crippen LogP contribution >= 0.6 is 0 Å². The highest BCUT2D eigenvalue weighted by atomic mass is 32.2. The maximum absolute atomic E-state index is 13.1. The number of sulfone groups is 1. The van der Waals surface area contributed by atoms with Gasteiger partial charge in [-0.1, -0.05) is 54.6 Å². The number of hydrogen-bond donors (Lipinski definition) is 2. The van der Waals surface area contributed by atoms with Gasteiger partial charge in [-0.05, 0) is 41.3 Å². The van der Waals surface area contributed by atoms with Crippen molar-refractivity contribution in [1.29, 1.82) is 0 Å². The van der Waals surface area contributed by atoms with E-state index in [4.69, 9.17) is 11.6 Å². The molecule has 0 spiro atoms. The molecule has 0 unspecified atom stereocenters. The Hall–Kier alpha value is -3.54. The van der Waals surface area contributed by atoms with Crippen LogP contribution in [0.2, 0.25) is 0 Å². The number of carbonyl (C=O) groups excluding carboxylic acids is 1. The first-order valence-corrected chi connectivity index (χ1v) is 14.2. The number of hydrogen-bond acceptors (Lipinski definition) is 8. The summed E-state index contributed by atoms with van der Waals surface area (Å²) in [5, 5.41) is 3.47. The first-order valence-electron chi connectivity index (χ1n) is 10.4. The third-order valence-electron chi connectivity index (χ3n) is 5.18. The number of nitrogens with zero attached hydrogens (tertiary/aromatic N) is 2. The molecule has 0 heterocycles. The molecule has 4 N–H and O–H groups in total. The number of sulfonamides is 1. The van der Waals surface area contributed by atoms with Crippen molar-refractivity contribution in [2.45, 2.75) is 17.4 Å². The van der Waals surface area contributed by atoms with Crippen LogP contribution < -0.4 is 15.9 Å². The van der Waals surface area contributed by atoms with Crippen molar-refractivity contribution in [3.63, 3.8) is 0 Å². The molecule has 0 aromatic heterocycles. The fourth-order valence-corrected chi connectivity index (χ4v) is 5.54. The Morgan fingerprint density at radius 2 is 1.63 bits per heavy atom. The Morgan fingerprint density at radius 1 is 0.971 bits per heavy atom.